The SMILES string of the molecule is CCc1cnn2c(NCc3ccc(OCCC4CCN(CC5CCN(c6cc(C7CCC(Oc8ccc(C#N)c(Cl)c8)CC7)c(C(N)=O)nn6)CC5)CC4)nc3)cc(N3CCCC[C@H]3CCO)nc12. The Bertz CT molecular complexity index is 2540. The number of carbonyl (C=O) groups excluding carboxylic acids is 1. The van der Waals surface area contributed by atoms with Gasteiger partial charge in [0.05, 0.1) is 29.5 Å². The number of aliphatic hydroxyl groups excluding tert-OH is 1. The maximum atomic E-state index is 12.5. The highest BCUT2D eigenvalue weighted by Crippen LogP contribution is 2.38. The van der Waals surface area contributed by atoms with Crippen molar-refractivity contribution in [3.05, 3.63) is 87.8 Å². The van der Waals surface area contributed by atoms with Crippen LogP contribution in [0.2, 0.25) is 5.02 Å². The van der Waals surface area contributed by atoms with Gasteiger partial charge in [-0.25, -0.2) is 9.97 Å². The third-order valence-corrected chi connectivity index (χ3v) is 15.3. The molecule has 0 radical (unpaired) electrons. The molecule has 4 aromatic heterocycles. The number of aliphatic hydroxyl groups is 1. The van der Waals surface area contributed by atoms with Gasteiger partial charge in [0.2, 0.25) is 5.88 Å². The summed E-state index contributed by atoms with van der Waals surface area (Å²) in [7, 11) is 0. The first kappa shape index (κ1) is 48.3. The third kappa shape index (κ3) is 11.8. The Morgan fingerprint density at radius 2 is 1.72 bits per heavy atom. The number of piperidine rings is 3. The molecule has 3 aliphatic heterocycles. The molecule has 16 nitrogen and oxygen atoms in total. The summed E-state index contributed by atoms with van der Waals surface area (Å²) in [5.74, 6) is 4.85. The Morgan fingerprint density at radius 3 is 2.45 bits per heavy atom. The van der Waals surface area contributed by atoms with Crippen LogP contribution < -0.4 is 30.3 Å². The monoisotopic (exact) mass is 959 g/mol. The number of carbonyl (C=O) groups is 1. The summed E-state index contributed by atoms with van der Waals surface area (Å²) in [6.07, 6.45) is 17.7. The van der Waals surface area contributed by atoms with E-state index < -0.39 is 5.91 Å². The Hall–Kier alpha value is -5.76. The van der Waals surface area contributed by atoms with Crippen LogP contribution in [0.25, 0.3) is 5.65 Å². The number of halogens is 1. The number of fused-ring (bicyclic) bond motifs is 1. The van der Waals surface area contributed by atoms with Gasteiger partial charge in [0.25, 0.3) is 5.91 Å². The largest absolute Gasteiger partial charge is 0.490 e. The van der Waals surface area contributed by atoms with Crippen molar-refractivity contribution in [2.75, 3.05) is 67.6 Å². The number of amides is 1. The maximum Gasteiger partial charge on any atom is 0.269 e. The molecule has 69 heavy (non-hydrogen) atoms. The minimum atomic E-state index is -0.544. The quantitative estimate of drug-likeness (QED) is 0.0765. The number of nitrogens with one attached hydrogen (secondary N) is 1. The molecule has 4 fully saturated rings. The first-order valence-electron chi connectivity index (χ1n) is 25.3. The number of primary amides is 1. The standard InChI is InChI=1S/C52H67ClN12O4/c1-2-38-33-58-65-46(29-47(59-52(38)65)64-20-4-3-5-41(64)18-25-66)56-31-37-6-13-49(57-32-37)68-26-19-35-14-21-62(22-15-35)34-36-16-23-63(24-17-36)48-28-44(50(51(55)67)61-60-48)39-7-10-42(11-8-39)69-43-12-9-40(30-54)45(53)27-43/h6,9,12-13,27-29,32-33,35-36,39,41-42,56,66H,2-5,7-8,10-11,14-26,31,34H2,1H3,(H2,55,67)/t39?,41-,42?/m0/s1. The summed E-state index contributed by atoms with van der Waals surface area (Å²) in [5, 5.41) is 36.5. The number of aromatic nitrogens is 6. The fraction of sp³-hybridized carbons (Fsp3) is 0.558. The smallest absolute Gasteiger partial charge is 0.269 e. The molecule has 4 N–H and O–H groups in total. The number of nitriles is 1. The lowest BCUT2D eigenvalue weighted by molar-refractivity contribution is 0.0991. The van der Waals surface area contributed by atoms with Crippen molar-refractivity contribution >= 4 is 40.6 Å². The number of aryl methyl sites for hydroxylation is 1. The van der Waals surface area contributed by atoms with Crippen LogP contribution in [-0.2, 0) is 13.0 Å². The molecule has 0 spiro atoms. The molecule has 1 saturated carbocycles. The number of ether oxygens (including phenoxy) is 2. The number of pyridine rings is 1. The lowest BCUT2D eigenvalue weighted by Crippen LogP contribution is -2.42. The van der Waals surface area contributed by atoms with Gasteiger partial charge in [-0.3, -0.25) is 4.79 Å². The van der Waals surface area contributed by atoms with Gasteiger partial charge in [0.15, 0.2) is 17.2 Å². The number of nitrogens with zero attached hydrogens (tertiary/aromatic N) is 10. The number of hydrogen-bond donors (Lipinski definition) is 3. The van der Waals surface area contributed by atoms with Crippen molar-refractivity contribution in [3.8, 4) is 17.7 Å². The molecule has 1 aliphatic carbocycles. The van der Waals surface area contributed by atoms with Crippen LogP contribution in [0.4, 0.5) is 17.5 Å². The van der Waals surface area contributed by atoms with Crippen LogP contribution in [0.5, 0.6) is 11.6 Å². The second-order valence-electron chi connectivity index (χ2n) is 19.5. The second-order valence-corrected chi connectivity index (χ2v) is 19.9. The fourth-order valence-corrected chi connectivity index (χ4v) is 11.2. The van der Waals surface area contributed by atoms with Crippen LogP contribution in [0.15, 0.2) is 54.9 Å². The molecule has 0 bridgehead atoms. The first-order valence-corrected chi connectivity index (χ1v) is 25.7. The van der Waals surface area contributed by atoms with Crippen molar-refractivity contribution in [1.29, 1.82) is 5.26 Å². The minimum Gasteiger partial charge on any atom is -0.490 e. The number of hydrogen-bond acceptors (Lipinski definition) is 14. The van der Waals surface area contributed by atoms with E-state index in [0.29, 0.717) is 47.2 Å². The highest BCUT2D eigenvalue weighted by atomic mass is 35.5. The van der Waals surface area contributed by atoms with Gasteiger partial charge in [-0.1, -0.05) is 24.6 Å². The lowest BCUT2D eigenvalue weighted by Gasteiger charge is -2.38. The summed E-state index contributed by atoms with van der Waals surface area (Å²) < 4.78 is 14.3. The molecular weight excluding hydrogens is 892 g/mol. The van der Waals surface area contributed by atoms with Gasteiger partial charge in [-0.05, 0) is 150 Å². The van der Waals surface area contributed by atoms with E-state index in [1.807, 2.05) is 23.0 Å². The van der Waals surface area contributed by atoms with E-state index in [9.17, 15) is 15.2 Å². The molecule has 9 rings (SSSR count). The number of benzene rings is 1. The lowest BCUT2D eigenvalue weighted by atomic mass is 9.82. The van der Waals surface area contributed by atoms with Crippen molar-refractivity contribution in [2.45, 2.75) is 121 Å². The van der Waals surface area contributed by atoms with Gasteiger partial charge >= 0.3 is 0 Å². The number of likely N-dealkylation sites (tertiary alicyclic amines) is 1. The number of rotatable bonds is 18. The van der Waals surface area contributed by atoms with Gasteiger partial charge in [-0.15, -0.1) is 10.2 Å². The van der Waals surface area contributed by atoms with E-state index in [4.69, 9.17) is 31.8 Å². The van der Waals surface area contributed by atoms with E-state index in [0.717, 1.165) is 150 Å². The Kier molecular flexibility index (Phi) is 15.9. The average Bonchev–Trinajstić information content (AvgIpc) is 3.80. The van der Waals surface area contributed by atoms with Crippen molar-refractivity contribution in [3.63, 3.8) is 0 Å². The second kappa shape index (κ2) is 22.8. The molecule has 5 aromatic rings. The highest BCUT2D eigenvalue weighted by molar-refractivity contribution is 6.31. The molecule has 1 atom stereocenters. The Morgan fingerprint density at radius 1 is 0.913 bits per heavy atom. The summed E-state index contributed by atoms with van der Waals surface area (Å²) in [6, 6.07) is 15.7. The van der Waals surface area contributed by atoms with Crippen LogP contribution in [0.3, 0.4) is 0 Å². The molecule has 17 heteroatoms. The molecular formula is C52H67ClN12O4. The molecule has 7 heterocycles. The summed E-state index contributed by atoms with van der Waals surface area (Å²) >= 11 is 6.23. The van der Waals surface area contributed by atoms with Gasteiger partial charge < -0.3 is 40.3 Å². The van der Waals surface area contributed by atoms with Gasteiger partial charge in [0, 0.05) is 75.3 Å². The molecule has 0 unspecified atom stereocenters. The summed E-state index contributed by atoms with van der Waals surface area (Å²) in [4.78, 5) is 29.5. The first-order chi connectivity index (χ1) is 33.7. The average molecular weight is 960 g/mol. The van der Waals surface area contributed by atoms with Crippen LogP contribution in [-0.4, -0.2) is 110 Å². The maximum absolute atomic E-state index is 12.5. The zero-order chi connectivity index (χ0) is 47.7. The molecule has 366 valence electrons. The predicted octanol–water partition coefficient (Wildman–Crippen LogP) is 7.96. The van der Waals surface area contributed by atoms with Gasteiger partial charge in [0.1, 0.15) is 23.5 Å². The summed E-state index contributed by atoms with van der Waals surface area (Å²) in [5.41, 5.74) is 10.4. The van der Waals surface area contributed by atoms with Crippen molar-refractivity contribution < 1.29 is 19.4 Å². The molecule has 1 aromatic carbocycles. The van der Waals surface area contributed by atoms with Crippen molar-refractivity contribution in [2.24, 2.45) is 17.6 Å². The van der Waals surface area contributed by atoms with Crippen LogP contribution in [0, 0.1) is 23.2 Å². The molecule has 1 amide bonds. The van der Waals surface area contributed by atoms with E-state index in [2.05, 4.69) is 71.5 Å². The minimum absolute atomic E-state index is 0.0224. The van der Waals surface area contributed by atoms with E-state index >= 15 is 0 Å². The predicted molar refractivity (Wildman–Crippen MR) is 267 cm³/mol. The third-order valence-electron chi connectivity index (χ3n) is 15.0. The summed E-state index contributed by atoms with van der Waals surface area (Å²) in [6.45, 7) is 9.68. The topological polar surface area (TPSA) is 196 Å². The number of anilines is 3. The van der Waals surface area contributed by atoms with Crippen LogP contribution in [0.1, 0.15) is 129 Å². The fourth-order valence-electron chi connectivity index (χ4n) is 11.0. The Labute approximate surface area is 410 Å². The molecule has 4 aliphatic rings. The zero-order valence-electron chi connectivity index (χ0n) is 39.9. The zero-order valence-corrected chi connectivity index (χ0v) is 40.7. The number of nitrogens with two attached hydrogens (primary N) is 1. The van der Waals surface area contributed by atoms with Crippen LogP contribution >= 0.6 is 11.6 Å². The van der Waals surface area contributed by atoms with E-state index in [-0.39, 0.29) is 30.4 Å². The van der Waals surface area contributed by atoms with E-state index in [1.54, 1.807) is 18.2 Å². The van der Waals surface area contributed by atoms with Gasteiger partial charge in [-0.2, -0.15) is 14.9 Å². The highest BCUT2D eigenvalue weighted by Gasteiger charge is 2.31. The normalized spacial score (nSPS) is 20.8. The molecule has 3 saturated heterocycles. The Balaban J connectivity index is 0.691. The van der Waals surface area contributed by atoms with Crippen molar-refractivity contribution in [1.82, 2.24) is 34.7 Å². The van der Waals surface area contributed by atoms with E-state index in [1.165, 1.54) is 19.3 Å².